The van der Waals surface area contributed by atoms with E-state index in [1.165, 1.54) is 0 Å². The van der Waals surface area contributed by atoms with Crippen LogP contribution in [-0.4, -0.2) is 10.9 Å². The van der Waals surface area contributed by atoms with E-state index >= 15 is 0 Å². The monoisotopic (exact) mass is 274 g/mol. The molecule has 98 valence electrons. The third kappa shape index (κ3) is 4.38. The second kappa shape index (κ2) is 6.34. The molecule has 1 aromatic heterocycles. The number of anilines is 1. The minimum Gasteiger partial charge on any atom is -0.311 e. The second-order valence-electron chi connectivity index (χ2n) is 4.39. The first-order valence-electron chi connectivity index (χ1n) is 6.10. The highest BCUT2D eigenvalue weighted by molar-refractivity contribution is 6.30. The smallest absolute Gasteiger partial charge is 0.225 e. The Labute approximate surface area is 117 Å². The molecule has 1 aromatic carbocycles. The Morgan fingerprint density at radius 3 is 2.68 bits per heavy atom. The van der Waals surface area contributed by atoms with Gasteiger partial charge in [0.15, 0.2) is 0 Å². The van der Waals surface area contributed by atoms with Gasteiger partial charge < -0.3 is 5.32 Å². The van der Waals surface area contributed by atoms with Crippen LogP contribution in [-0.2, 0) is 11.2 Å². The largest absolute Gasteiger partial charge is 0.311 e. The van der Waals surface area contributed by atoms with Crippen molar-refractivity contribution in [1.82, 2.24) is 4.98 Å². The molecule has 0 fully saturated rings. The van der Waals surface area contributed by atoms with Crippen LogP contribution in [0.1, 0.15) is 17.5 Å². The van der Waals surface area contributed by atoms with Crippen LogP contribution in [0.15, 0.2) is 42.6 Å². The summed E-state index contributed by atoms with van der Waals surface area (Å²) >= 11 is 5.81. The lowest BCUT2D eigenvalue weighted by molar-refractivity contribution is -0.116. The van der Waals surface area contributed by atoms with E-state index in [1.54, 1.807) is 6.20 Å². The van der Waals surface area contributed by atoms with Gasteiger partial charge in [-0.05, 0) is 48.7 Å². The number of nitrogens with zero attached hydrogens (tertiary/aromatic N) is 1. The molecule has 2 rings (SSSR count). The third-order valence-corrected chi connectivity index (χ3v) is 2.99. The van der Waals surface area contributed by atoms with Crippen LogP contribution >= 0.6 is 11.6 Å². The van der Waals surface area contributed by atoms with Gasteiger partial charge in [-0.15, -0.1) is 0 Å². The number of carbonyl (C=O) groups excluding carboxylic acids is 1. The normalized spacial score (nSPS) is 10.2. The first-order valence-corrected chi connectivity index (χ1v) is 6.48. The maximum atomic E-state index is 11.8. The molecule has 1 heterocycles. The Balaban J connectivity index is 1.86. The topological polar surface area (TPSA) is 42.0 Å². The van der Waals surface area contributed by atoms with Crippen LogP contribution in [0.2, 0.25) is 5.02 Å². The van der Waals surface area contributed by atoms with Crippen molar-refractivity contribution in [3.05, 3.63) is 58.7 Å². The van der Waals surface area contributed by atoms with Crippen LogP contribution in [0.25, 0.3) is 0 Å². The summed E-state index contributed by atoms with van der Waals surface area (Å²) in [5, 5.41) is 3.49. The number of carbonyl (C=O) groups is 1. The zero-order valence-electron chi connectivity index (χ0n) is 10.7. The Hall–Kier alpha value is -1.87. The molecule has 19 heavy (non-hydrogen) atoms. The van der Waals surface area contributed by atoms with E-state index in [2.05, 4.69) is 10.3 Å². The van der Waals surface area contributed by atoms with Crippen molar-refractivity contribution < 1.29 is 4.79 Å². The van der Waals surface area contributed by atoms with E-state index in [0.29, 0.717) is 23.7 Å². The molecule has 0 saturated heterocycles. The number of hydrogen-bond donors (Lipinski definition) is 1. The molecular formula is C15H15ClN2O. The molecule has 4 heteroatoms. The molecule has 2 aromatic rings. The molecule has 0 aliphatic heterocycles. The molecule has 0 radical (unpaired) electrons. The Morgan fingerprint density at radius 2 is 2.00 bits per heavy atom. The van der Waals surface area contributed by atoms with E-state index < -0.39 is 0 Å². The van der Waals surface area contributed by atoms with Gasteiger partial charge in [-0.2, -0.15) is 0 Å². The summed E-state index contributed by atoms with van der Waals surface area (Å²) in [7, 11) is 0. The number of halogens is 1. The number of aromatic nitrogens is 1. The van der Waals surface area contributed by atoms with E-state index in [4.69, 9.17) is 11.6 Å². The fourth-order valence-corrected chi connectivity index (χ4v) is 1.84. The van der Waals surface area contributed by atoms with Crippen LogP contribution in [0.3, 0.4) is 0 Å². The van der Waals surface area contributed by atoms with Crippen LogP contribution < -0.4 is 5.32 Å². The summed E-state index contributed by atoms with van der Waals surface area (Å²) in [6, 6.07) is 11.3. The second-order valence-corrected chi connectivity index (χ2v) is 4.83. The van der Waals surface area contributed by atoms with Gasteiger partial charge in [0, 0.05) is 17.6 Å². The zero-order valence-corrected chi connectivity index (χ0v) is 11.4. The predicted molar refractivity (Wildman–Crippen MR) is 77.4 cm³/mol. The summed E-state index contributed by atoms with van der Waals surface area (Å²) in [6.07, 6.45) is 2.80. The molecular weight excluding hydrogens is 260 g/mol. The molecule has 0 aliphatic carbocycles. The van der Waals surface area contributed by atoms with Crippen molar-refractivity contribution in [1.29, 1.82) is 0 Å². The summed E-state index contributed by atoms with van der Waals surface area (Å²) in [6.45, 7) is 1.96. The lowest BCUT2D eigenvalue weighted by Crippen LogP contribution is -2.13. The van der Waals surface area contributed by atoms with E-state index in [9.17, 15) is 4.79 Å². The minimum atomic E-state index is -0.0342. The van der Waals surface area contributed by atoms with Gasteiger partial charge >= 0.3 is 0 Å². The maximum absolute atomic E-state index is 11.8. The fraction of sp³-hybridized carbons (Fsp3) is 0.200. The van der Waals surface area contributed by atoms with Gasteiger partial charge in [0.1, 0.15) is 5.82 Å². The predicted octanol–water partition coefficient (Wildman–Crippen LogP) is 3.61. The Kier molecular flexibility index (Phi) is 4.53. The minimum absolute atomic E-state index is 0.0342. The van der Waals surface area contributed by atoms with Crippen LogP contribution in [0.4, 0.5) is 5.82 Å². The van der Waals surface area contributed by atoms with E-state index in [1.807, 2.05) is 43.3 Å². The molecule has 0 saturated carbocycles. The number of benzene rings is 1. The third-order valence-electron chi connectivity index (χ3n) is 2.74. The summed E-state index contributed by atoms with van der Waals surface area (Å²) < 4.78 is 0. The number of amides is 1. The van der Waals surface area contributed by atoms with Crippen molar-refractivity contribution in [2.75, 3.05) is 5.32 Å². The Morgan fingerprint density at radius 1 is 1.26 bits per heavy atom. The van der Waals surface area contributed by atoms with E-state index in [-0.39, 0.29) is 5.91 Å². The average molecular weight is 275 g/mol. The van der Waals surface area contributed by atoms with Crippen molar-refractivity contribution in [3.8, 4) is 0 Å². The SMILES string of the molecule is Cc1ccnc(NC(=O)CCc2ccc(Cl)cc2)c1. The molecule has 0 unspecified atom stereocenters. The van der Waals surface area contributed by atoms with Crippen LogP contribution in [0.5, 0.6) is 0 Å². The van der Waals surface area contributed by atoms with Gasteiger partial charge in [0.25, 0.3) is 0 Å². The fourth-order valence-electron chi connectivity index (χ4n) is 1.72. The van der Waals surface area contributed by atoms with E-state index in [0.717, 1.165) is 11.1 Å². The summed E-state index contributed by atoms with van der Waals surface area (Å²) in [4.78, 5) is 15.9. The number of hydrogen-bond acceptors (Lipinski definition) is 2. The van der Waals surface area contributed by atoms with Gasteiger partial charge in [0.05, 0.1) is 0 Å². The molecule has 1 amide bonds. The summed E-state index contributed by atoms with van der Waals surface area (Å²) in [5.41, 5.74) is 2.17. The van der Waals surface area contributed by atoms with Crippen molar-refractivity contribution >= 4 is 23.3 Å². The highest BCUT2D eigenvalue weighted by Gasteiger charge is 2.04. The Bertz CT molecular complexity index is 567. The molecule has 0 atom stereocenters. The van der Waals surface area contributed by atoms with Crippen molar-refractivity contribution in [2.45, 2.75) is 19.8 Å². The van der Waals surface area contributed by atoms with Crippen molar-refractivity contribution in [2.24, 2.45) is 0 Å². The lowest BCUT2D eigenvalue weighted by atomic mass is 10.1. The number of nitrogens with one attached hydrogen (secondary N) is 1. The zero-order chi connectivity index (χ0) is 13.7. The molecule has 3 nitrogen and oxygen atoms in total. The van der Waals surface area contributed by atoms with Gasteiger partial charge in [-0.1, -0.05) is 23.7 Å². The summed E-state index contributed by atoms with van der Waals surface area (Å²) in [5.74, 6) is 0.564. The molecule has 1 N–H and O–H groups in total. The van der Waals surface area contributed by atoms with Gasteiger partial charge in [0.2, 0.25) is 5.91 Å². The standard InChI is InChI=1S/C15H15ClN2O/c1-11-8-9-17-14(10-11)18-15(19)7-4-12-2-5-13(16)6-3-12/h2-3,5-6,8-10H,4,7H2,1H3,(H,17,18,19). The first kappa shape index (κ1) is 13.6. The number of aryl methyl sites for hydroxylation is 2. The quantitative estimate of drug-likeness (QED) is 0.925. The average Bonchev–Trinajstić information content (AvgIpc) is 2.38. The molecule has 0 aliphatic rings. The molecule has 0 spiro atoms. The number of rotatable bonds is 4. The number of pyridine rings is 1. The first-order chi connectivity index (χ1) is 9.13. The van der Waals surface area contributed by atoms with Gasteiger partial charge in [-0.3, -0.25) is 4.79 Å². The van der Waals surface area contributed by atoms with Crippen molar-refractivity contribution in [3.63, 3.8) is 0 Å². The lowest BCUT2D eigenvalue weighted by Gasteiger charge is -2.05. The molecule has 0 bridgehead atoms. The highest BCUT2D eigenvalue weighted by Crippen LogP contribution is 2.11. The highest BCUT2D eigenvalue weighted by atomic mass is 35.5. The van der Waals surface area contributed by atoms with Gasteiger partial charge in [-0.25, -0.2) is 4.98 Å². The maximum Gasteiger partial charge on any atom is 0.225 e. The van der Waals surface area contributed by atoms with Crippen LogP contribution in [0, 0.1) is 6.92 Å².